The highest BCUT2D eigenvalue weighted by atomic mass is 15.1. The number of nitrogens with zero attached hydrogens (tertiary/aromatic N) is 1. The Morgan fingerprint density at radius 1 is 1.20 bits per heavy atom. The van der Waals surface area contributed by atoms with Gasteiger partial charge in [0.15, 0.2) is 0 Å². The Hall–Kier alpha value is -0.860. The van der Waals surface area contributed by atoms with E-state index in [1.165, 1.54) is 11.1 Å². The van der Waals surface area contributed by atoms with Gasteiger partial charge in [-0.05, 0) is 26.1 Å². The Kier molecular flexibility index (Phi) is 5.37. The average molecular weight is 206 g/mol. The fourth-order valence-corrected chi connectivity index (χ4v) is 1.37. The summed E-state index contributed by atoms with van der Waals surface area (Å²) < 4.78 is 0. The van der Waals surface area contributed by atoms with Gasteiger partial charge in [-0.1, -0.05) is 36.8 Å². The molecule has 15 heavy (non-hydrogen) atoms. The van der Waals surface area contributed by atoms with Crippen LogP contribution < -0.4 is 5.32 Å². The summed E-state index contributed by atoms with van der Waals surface area (Å²) in [7, 11) is 2.15. The average Bonchev–Trinajstić information content (AvgIpc) is 2.26. The molecule has 0 aromatic heterocycles. The molecule has 2 heteroatoms. The van der Waals surface area contributed by atoms with Crippen LogP contribution >= 0.6 is 0 Å². The first-order valence-corrected chi connectivity index (χ1v) is 5.67. The van der Waals surface area contributed by atoms with Gasteiger partial charge >= 0.3 is 0 Å². The lowest BCUT2D eigenvalue weighted by molar-refractivity contribution is 0.349. The maximum absolute atomic E-state index is 3.44. The SMILES string of the molecule is CCN(C)CCNCc1ccc(C)cc1. The summed E-state index contributed by atoms with van der Waals surface area (Å²) in [4.78, 5) is 2.31. The molecule has 0 heterocycles. The molecule has 84 valence electrons. The highest BCUT2D eigenvalue weighted by Crippen LogP contribution is 2.01. The molecule has 0 aliphatic heterocycles. The van der Waals surface area contributed by atoms with Crippen molar-refractivity contribution in [3.05, 3.63) is 35.4 Å². The quantitative estimate of drug-likeness (QED) is 0.717. The number of aryl methyl sites for hydroxylation is 1. The van der Waals surface area contributed by atoms with E-state index in [9.17, 15) is 0 Å². The molecule has 0 unspecified atom stereocenters. The van der Waals surface area contributed by atoms with Crippen LogP contribution in [0.1, 0.15) is 18.1 Å². The van der Waals surface area contributed by atoms with E-state index in [2.05, 4.69) is 55.4 Å². The summed E-state index contributed by atoms with van der Waals surface area (Å²) in [6.45, 7) is 8.55. The molecule has 0 fully saturated rings. The summed E-state index contributed by atoms with van der Waals surface area (Å²) in [6.07, 6.45) is 0. The Bertz CT molecular complexity index is 266. The summed E-state index contributed by atoms with van der Waals surface area (Å²) in [6, 6.07) is 8.70. The summed E-state index contributed by atoms with van der Waals surface area (Å²) in [5.74, 6) is 0. The molecular formula is C13H22N2. The lowest BCUT2D eigenvalue weighted by Crippen LogP contribution is -2.28. The lowest BCUT2D eigenvalue weighted by atomic mass is 10.1. The third kappa shape index (κ3) is 4.96. The molecule has 0 amide bonds. The van der Waals surface area contributed by atoms with Crippen LogP contribution in [0, 0.1) is 6.92 Å². The molecule has 0 bridgehead atoms. The van der Waals surface area contributed by atoms with Crippen LogP contribution in [-0.2, 0) is 6.54 Å². The van der Waals surface area contributed by atoms with Crippen LogP contribution in [0.2, 0.25) is 0 Å². The van der Waals surface area contributed by atoms with E-state index < -0.39 is 0 Å². The van der Waals surface area contributed by atoms with Crippen molar-refractivity contribution in [3.8, 4) is 0 Å². The van der Waals surface area contributed by atoms with Gasteiger partial charge in [0, 0.05) is 19.6 Å². The van der Waals surface area contributed by atoms with Gasteiger partial charge in [0.05, 0.1) is 0 Å². The zero-order valence-electron chi connectivity index (χ0n) is 10.1. The molecule has 0 atom stereocenters. The number of likely N-dealkylation sites (N-methyl/N-ethyl adjacent to an activating group) is 1. The van der Waals surface area contributed by atoms with E-state index in [0.717, 1.165) is 26.2 Å². The van der Waals surface area contributed by atoms with Crippen LogP contribution in [0.3, 0.4) is 0 Å². The molecule has 2 nitrogen and oxygen atoms in total. The minimum atomic E-state index is 0.970. The Morgan fingerprint density at radius 2 is 1.87 bits per heavy atom. The fraction of sp³-hybridized carbons (Fsp3) is 0.538. The molecule has 0 radical (unpaired) electrons. The Balaban J connectivity index is 2.17. The largest absolute Gasteiger partial charge is 0.311 e. The highest BCUT2D eigenvalue weighted by Gasteiger charge is 1.94. The van der Waals surface area contributed by atoms with E-state index in [4.69, 9.17) is 0 Å². The monoisotopic (exact) mass is 206 g/mol. The highest BCUT2D eigenvalue weighted by molar-refractivity contribution is 5.20. The summed E-state index contributed by atoms with van der Waals surface area (Å²) in [5.41, 5.74) is 2.68. The van der Waals surface area contributed by atoms with Crippen LogP contribution in [0.5, 0.6) is 0 Å². The minimum absolute atomic E-state index is 0.970. The van der Waals surface area contributed by atoms with Crippen LogP contribution in [0.15, 0.2) is 24.3 Å². The van der Waals surface area contributed by atoms with E-state index >= 15 is 0 Å². The minimum Gasteiger partial charge on any atom is -0.311 e. The summed E-state index contributed by atoms with van der Waals surface area (Å²) >= 11 is 0. The zero-order valence-corrected chi connectivity index (χ0v) is 10.1. The molecular weight excluding hydrogens is 184 g/mol. The maximum atomic E-state index is 3.44. The molecule has 1 N–H and O–H groups in total. The number of rotatable bonds is 6. The second-order valence-corrected chi connectivity index (χ2v) is 4.06. The number of hydrogen-bond acceptors (Lipinski definition) is 2. The van der Waals surface area contributed by atoms with Gasteiger partial charge in [-0.15, -0.1) is 0 Å². The second kappa shape index (κ2) is 6.59. The van der Waals surface area contributed by atoms with E-state index in [1.807, 2.05) is 0 Å². The first-order chi connectivity index (χ1) is 7.22. The molecule has 1 aromatic rings. The smallest absolute Gasteiger partial charge is 0.0206 e. The van der Waals surface area contributed by atoms with Gasteiger partial charge in [-0.2, -0.15) is 0 Å². The van der Waals surface area contributed by atoms with Crippen molar-refractivity contribution in [1.82, 2.24) is 10.2 Å². The molecule has 0 aliphatic carbocycles. The normalized spacial score (nSPS) is 10.9. The molecule has 0 saturated heterocycles. The molecule has 0 saturated carbocycles. The molecule has 1 rings (SSSR count). The molecule has 0 aliphatic rings. The van der Waals surface area contributed by atoms with Crippen LogP contribution in [0.4, 0.5) is 0 Å². The predicted molar refractivity (Wildman–Crippen MR) is 66.1 cm³/mol. The number of nitrogens with one attached hydrogen (secondary N) is 1. The van der Waals surface area contributed by atoms with Crippen molar-refractivity contribution in [2.45, 2.75) is 20.4 Å². The van der Waals surface area contributed by atoms with Crippen molar-refractivity contribution < 1.29 is 0 Å². The van der Waals surface area contributed by atoms with Gasteiger partial charge < -0.3 is 10.2 Å². The van der Waals surface area contributed by atoms with Gasteiger partial charge in [0.1, 0.15) is 0 Å². The fourth-order valence-electron chi connectivity index (χ4n) is 1.37. The van der Waals surface area contributed by atoms with Crippen LogP contribution in [-0.4, -0.2) is 31.6 Å². The first-order valence-electron chi connectivity index (χ1n) is 5.67. The van der Waals surface area contributed by atoms with Gasteiger partial charge in [-0.25, -0.2) is 0 Å². The van der Waals surface area contributed by atoms with Crippen LogP contribution in [0.25, 0.3) is 0 Å². The molecule has 1 aromatic carbocycles. The van der Waals surface area contributed by atoms with Crippen molar-refractivity contribution in [1.29, 1.82) is 0 Å². The van der Waals surface area contributed by atoms with E-state index in [-0.39, 0.29) is 0 Å². The second-order valence-electron chi connectivity index (χ2n) is 4.06. The van der Waals surface area contributed by atoms with Gasteiger partial charge in [0.2, 0.25) is 0 Å². The molecule has 0 spiro atoms. The van der Waals surface area contributed by atoms with Crippen molar-refractivity contribution in [2.75, 3.05) is 26.7 Å². The topological polar surface area (TPSA) is 15.3 Å². The van der Waals surface area contributed by atoms with Crippen molar-refractivity contribution in [2.24, 2.45) is 0 Å². The van der Waals surface area contributed by atoms with Gasteiger partial charge in [-0.3, -0.25) is 0 Å². The third-order valence-electron chi connectivity index (χ3n) is 2.66. The lowest BCUT2D eigenvalue weighted by Gasteiger charge is -2.13. The maximum Gasteiger partial charge on any atom is 0.0206 e. The zero-order chi connectivity index (χ0) is 11.1. The summed E-state index contributed by atoms with van der Waals surface area (Å²) in [5, 5.41) is 3.44. The standard InChI is InChI=1S/C13H22N2/c1-4-15(3)10-9-14-11-13-7-5-12(2)6-8-13/h5-8,14H,4,9-11H2,1-3H3. The van der Waals surface area contributed by atoms with E-state index in [0.29, 0.717) is 0 Å². The predicted octanol–water partition coefficient (Wildman–Crippen LogP) is 2.04. The Labute approximate surface area is 93.3 Å². The first kappa shape index (κ1) is 12.2. The van der Waals surface area contributed by atoms with Crippen molar-refractivity contribution in [3.63, 3.8) is 0 Å². The van der Waals surface area contributed by atoms with E-state index in [1.54, 1.807) is 0 Å². The number of hydrogen-bond donors (Lipinski definition) is 1. The Morgan fingerprint density at radius 3 is 2.47 bits per heavy atom. The van der Waals surface area contributed by atoms with Gasteiger partial charge in [0.25, 0.3) is 0 Å². The third-order valence-corrected chi connectivity index (χ3v) is 2.66. The number of benzene rings is 1. The van der Waals surface area contributed by atoms with Crippen molar-refractivity contribution >= 4 is 0 Å².